The lowest BCUT2D eigenvalue weighted by Gasteiger charge is -2.35. The first-order valence-corrected chi connectivity index (χ1v) is 12.7. The number of carbonyl (C=O) groups is 1. The topological polar surface area (TPSA) is 105 Å². The van der Waals surface area contributed by atoms with Crippen LogP contribution in [0.5, 0.6) is 34.5 Å². The lowest BCUT2D eigenvalue weighted by atomic mass is 10.2. The van der Waals surface area contributed by atoms with E-state index < -0.39 is 25.0 Å². The molecule has 0 aliphatic heterocycles. The number of aliphatic carboxylic acids is 1. The van der Waals surface area contributed by atoms with Gasteiger partial charge in [0.1, 0.15) is 6.04 Å². The fourth-order valence-electron chi connectivity index (χ4n) is 2.91. The number of methoxy groups -OCH3 is 4. The molecule has 0 aliphatic rings. The molecule has 0 radical (unpaired) electrons. The fraction of sp³-hybridized carbons (Fsp3) is 0.381. The number of benzene rings is 2. The van der Waals surface area contributed by atoms with Gasteiger partial charge in [-0.15, -0.1) is 11.6 Å². The molecule has 182 valence electrons. The summed E-state index contributed by atoms with van der Waals surface area (Å²) in [6.45, 7) is 0. The zero-order valence-electron chi connectivity index (χ0n) is 18.6. The van der Waals surface area contributed by atoms with Crippen LogP contribution >= 0.6 is 19.0 Å². The second-order valence-electron chi connectivity index (χ2n) is 6.49. The van der Waals surface area contributed by atoms with Crippen molar-refractivity contribution in [3.8, 4) is 34.5 Å². The summed E-state index contributed by atoms with van der Waals surface area (Å²) in [6.07, 6.45) is 0.0895. The molecule has 0 heterocycles. The van der Waals surface area contributed by atoms with Crippen LogP contribution < -0.4 is 33.7 Å². The number of carboxylic acids is 1. The van der Waals surface area contributed by atoms with Crippen molar-refractivity contribution < 1.29 is 38.3 Å². The predicted octanol–water partition coefficient (Wildman–Crippen LogP) is 3.33. The third-order valence-electron chi connectivity index (χ3n) is 4.50. The van der Waals surface area contributed by atoms with Gasteiger partial charge in [0.2, 0.25) is 11.5 Å². The van der Waals surface area contributed by atoms with E-state index >= 15 is 0 Å². The summed E-state index contributed by atoms with van der Waals surface area (Å²) in [5.41, 5.74) is -1.80. The molecule has 2 rings (SSSR count). The summed E-state index contributed by atoms with van der Waals surface area (Å²) in [4.78, 5) is 11.9. The average Bonchev–Trinajstić information content (AvgIpc) is 2.83. The number of hydrogen-bond donors (Lipinski definition) is 2. The van der Waals surface area contributed by atoms with Crippen molar-refractivity contribution in [1.82, 2.24) is 5.32 Å². The zero-order valence-corrected chi connectivity index (χ0v) is 21.4. The Hall–Kier alpha value is -2.39. The van der Waals surface area contributed by atoms with E-state index in [9.17, 15) is 9.90 Å². The van der Waals surface area contributed by atoms with Gasteiger partial charge in [-0.05, 0) is 30.7 Å². The number of ether oxygens (including phenoxy) is 6. The highest BCUT2D eigenvalue weighted by molar-refractivity contribution is 7.97. The first-order chi connectivity index (χ1) is 15.9. The Kier molecular flexibility index (Phi) is 10.4. The Bertz CT molecular complexity index is 862. The maximum atomic E-state index is 11.9. The van der Waals surface area contributed by atoms with Crippen LogP contribution in [0, 0.1) is 0 Å². The molecule has 0 aliphatic carbocycles. The normalized spacial score (nSPS) is 12.3. The Morgan fingerprint density at radius 1 is 0.970 bits per heavy atom. The molecule has 2 aromatic carbocycles. The monoisotopic (exact) mass is 519 g/mol. The highest BCUT2D eigenvalue weighted by Gasteiger charge is 2.40. The summed E-state index contributed by atoms with van der Waals surface area (Å²) in [5.74, 6) is 0.641. The number of alkyl halides is 1. The van der Waals surface area contributed by atoms with Crippen LogP contribution in [-0.4, -0.2) is 57.1 Å². The number of carboxylic acid groups (broad SMARTS) is 1. The van der Waals surface area contributed by atoms with E-state index in [0.29, 0.717) is 23.0 Å². The van der Waals surface area contributed by atoms with Gasteiger partial charge in [0, 0.05) is 13.2 Å². The van der Waals surface area contributed by atoms with Gasteiger partial charge in [0.15, 0.2) is 23.0 Å². The summed E-state index contributed by atoms with van der Waals surface area (Å²) in [6, 6.07) is 8.98. The molecule has 0 bridgehead atoms. The molecule has 0 fully saturated rings. The highest BCUT2D eigenvalue weighted by Crippen LogP contribution is 2.45. The largest absolute Gasteiger partial charge is 0.493 e. The van der Waals surface area contributed by atoms with Crippen molar-refractivity contribution in [3.63, 3.8) is 0 Å². The maximum absolute atomic E-state index is 11.9. The van der Waals surface area contributed by atoms with Gasteiger partial charge in [-0.1, -0.05) is 23.9 Å². The third kappa shape index (κ3) is 6.57. The zero-order chi connectivity index (χ0) is 24.4. The third-order valence-corrected chi connectivity index (χ3v) is 6.36. The molecule has 0 spiro atoms. The van der Waals surface area contributed by atoms with E-state index in [1.165, 1.54) is 28.4 Å². The molecule has 2 N–H and O–H groups in total. The van der Waals surface area contributed by atoms with E-state index in [0.717, 1.165) is 0 Å². The van der Waals surface area contributed by atoms with Gasteiger partial charge in [-0.2, -0.15) is 0 Å². The molecule has 2 unspecified atom stereocenters. The molecule has 0 amide bonds. The van der Waals surface area contributed by atoms with Gasteiger partial charge < -0.3 is 33.5 Å². The van der Waals surface area contributed by atoms with Crippen LogP contribution in [-0.2, 0) is 16.6 Å². The van der Waals surface area contributed by atoms with Crippen LogP contribution in [0.4, 0.5) is 0 Å². The van der Waals surface area contributed by atoms with Crippen molar-refractivity contribution in [2.45, 2.75) is 18.1 Å². The van der Waals surface area contributed by atoms with Crippen LogP contribution in [0.3, 0.4) is 0 Å². The van der Waals surface area contributed by atoms with Gasteiger partial charge in [-0.3, -0.25) is 4.79 Å². The summed E-state index contributed by atoms with van der Waals surface area (Å²) >= 11 is 11.3. The van der Waals surface area contributed by atoms with E-state index in [4.69, 9.17) is 51.8 Å². The van der Waals surface area contributed by atoms with E-state index in [1.54, 1.807) is 36.4 Å². The number of rotatable bonds is 14. The van der Waals surface area contributed by atoms with Gasteiger partial charge in [0.25, 0.3) is 0 Å². The van der Waals surface area contributed by atoms with E-state index in [-0.39, 0.29) is 23.8 Å². The van der Waals surface area contributed by atoms with Crippen LogP contribution in [0.1, 0.15) is 6.42 Å². The standard InChI is InChI=1S/C21H27ClNO8PS/c1-26-14-7-5-8-15(27-2)18(14)30-21(32-33,23-13(11-12-22)20(24)25)31-19-16(28-3)9-6-10-17(19)29-4/h5-10,13,23H,11-12,32H2,1-4H3,(H,24,25). The predicted molar refractivity (Wildman–Crippen MR) is 130 cm³/mol. The summed E-state index contributed by atoms with van der Waals surface area (Å²) in [7, 11) is 4.72. The Morgan fingerprint density at radius 2 is 1.36 bits per heavy atom. The molecule has 0 aromatic heterocycles. The Balaban J connectivity index is 2.67. The SMILES string of the molecule is COc1cccc(OC)c1OC(NC(CCCl)C(=O)O)(Oc1c(OC)cccc1OC)[PH2]=S. The molecule has 9 nitrogen and oxygen atoms in total. The van der Waals surface area contributed by atoms with Gasteiger partial charge >= 0.3 is 11.6 Å². The van der Waals surface area contributed by atoms with Crippen LogP contribution in [0.2, 0.25) is 0 Å². The minimum absolute atomic E-state index is 0.0861. The second kappa shape index (κ2) is 12.7. The molecule has 33 heavy (non-hydrogen) atoms. The first-order valence-electron chi connectivity index (χ1n) is 9.71. The molecular weight excluding hydrogens is 493 g/mol. The van der Waals surface area contributed by atoms with Crippen molar-refractivity contribution in [1.29, 1.82) is 0 Å². The molecule has 0 saturated carbocycles. The smallest absolute Gasteiger partial charge is 0.335 e. The van der Waals surface area contributed by atoms with Crippen LogP contribution in [0.15, 0.2) is 36.4 Å². The number of para-hydroxylation sites is 2. The fourth-order valence-corrected chi connectivity index (χ4v) is 4.22. The lowest BCUT2D eigenvalue weighted by Crippen LogP contribution is -2.57. The molecular formula is C21H27ClNO8PS. The molecule has 2 atom stereocenters. The first kappa shape index (κ1) is 26.9. The van der Waals surface area contributed by atoms with E-state index in [1.807, 2.05) is 0 Å². The summed E-state index contributed by atoms with van der Waals surface area (Å²) < 4.78 is 34.2. The Morgan fingerprint density at radius 3 is 1.64 bits per heavy atom. The van der Waals surface area contributed by atoms with Crippen molar-refractivity contribution in [2.75, 3.05) is 34.3 Å². The average molecular weight is 520 g/mol. The van der Waals surface area contributed by atoms with Crippen LogP contribution in [0.25, 0.3) is 0 Å². The number of halogens is 1. The minimum atomic E-state index is -1.80. The second-order valence-corrected chi connectivity index (χ2v) is 8.57. The van der Waals surface area contributed by atoms with Crippen molar-refractivity contribution in [2.24, 2.45) is 0 Å². The minimum Gasteiger partial charge on any atom is -0.493 e. The van der Waals surface area contributed by atoms with Gasteiger partial charge in [-0.25, -0.2) is 5.32 Å². The lowest BCUT2D eigenvalue weighted by molar-refractivity contribution is -0.144. The summed E-state index contributed by atoms with van der Waals surface area (Å²) in [5, 5.41) is 12.6. The quantitative estimate of drug-likeness (QED) is 0.219. The Labute approximate surface area is 203 Å². The van der Waals surface area contributed by atoms with Crippen molar-refractivity contribution in [3.05, 3.63) is 36.4 Å². The highest BCUT2D eigenvalue weighted by atomic mass is 35.5. The number of hydrogen-bond acceptors (Lipinski definition) is 9. The number of nitrogens with one attached hydrogen (secondary N) is 1. The molecule has 0 saturated heterocycles. The van der Waals surface area contributed by atoms with Crippen molar-refractivity contribution >= 4 is 36.7 Å². The van der Waals surface area contributed by atoms with Gasteiger partial charge in [0.05, 0.1) is 28.4 Å². The van der Waals surface area contributed by atoms with E-state index in [2.05, 4.69) is 5.32 Å². The molecule has 12 heteroatoms. The maximum Gasteiger partial charge on any atom is 0.335 e. The molecule has 2 aromatic rings.